The van der Waals surface area contributed by atoms with Crippen LogP contribution in [0.25, 0.3) is 86.4 Å². The van der Waals surface area contributed by atoms with Gasteiger partial charge in [-0.05, 0) is 108 Å². The van der Waals surface area contributed by atoms with Crippen LogP contribution >= 0.6 is 0 Å². The highest BCUT2D eigenvalue weighted by Gasteiger charge is 2.26. The molecule has 56 heavy (non-hydrogen) atoms. The Morgan fingerprint density at radius 3 is 1.34 bits per heavy atom. The number of hydrogen-bond acceptors (Lipinski definition) is 4. The molecule has 0 spiro atoms. The van der Waals surface area contributed by atoms with Crippen LogP contribution in [-0.4, -0.2) is 27.0 Å². The summed E-state index contributed by atoms with van der Waals surface area (Å²) in [4.78, 5) is 38.6. The zero-order valence-electron chi connectivity index (χ0n) is 29.8. The summed E-state index contributed by atoms with van der Waals surface area (Å²) in [6.07, 6.45) is 3.48. The molecule has 0 bridgehead atoms. The van der Waals surface area contributed by atoms with E-state index in [2.05, 4.69) is 109 Å². The molecule has 2 aromatic heterocycles. The van der Waals surface area contributed by atoms with Gasteiger partial charge < -0.3 is 5.11 Å². The Balaban J connectivity index is 1.16. The highest BCUT2D eigenvalue weighted by atomic mass is 16.4. The number of aromatic carboxylic acids is 1. The minimum Gasteiger partial charge on any atom is -0.478 e. The van der Waals surface area contributed by atoms with Crippen LogP contribution in [0.2, 0.25) is 0 Å². The topological polar surface area (TPSA) is 83.4 Å². The molecule has 0 unspecified atom stereocenters. The minimum absolute atomic E-state index is 0.0331. The maximum atomic E-state index is 15.0. The third-order valence-electron chi connectivity index (χ3n) is 11.2. The van der Waals surface area contributed by atoms with Crippen LogP contribution in [0.4, 0.5) is 11.4 Å². The molecule has 1 amide bonds. The number of amides is 1. The van der Waals surface area contributed by atoms with E-state index in [4.69, 9.17) is 9.97 Å². The summed E-state index contributed by atoms with van der Waals surface area (Å²) in [5, 5.41) is 24.7. The zero-order chi connectivity index (χ0) is 37.5. The van der Waals surface area contributed by atoms with Crippen LogP contribution in [0, 0.1) is 0 Å². The summed E-state index contributed by atoms with van der Waals surface area (Å²) in [6.45, 7) is 0. The van der Waals surface area contributed by atoms with Crippen molar-refractivity contribution in [2.45, 2.75) is 0 Å². The molecule has 1 N–H and O–H groups in total. The van der Waals surface area contributed by atoms with E-state index in [0.29, 0.717) is 11.4 Å². The van der Waals surface area contributed by atoms with Gasteiger partial charge in [0.2, 0.25) is 0 Å². The third-order valence-corrected chi connectivity index (χ3v) is 11.2. The third kappa shape index (κ3) is 4.83. The Bertz CT molecular complexity index is 3300. The lowest BCUT2D eigenvalue weighted by atomic mass is 9.95. The van der Waals surface area contributed by atoms with Gasteiger partial charge in [-0.15, -0.1) is 0 Å². The summed E-state index contributed by atoms with van der Waals surface area (Å²) in [7, 11) is 0. The second-order valence-corrected chi connectivity index (χ2v) is 14.3. The van der Waals surface area contributed by atoms with E-state index in [0.717, 1.165) is 75.7 Å². The molecule has 11 rings (SSSR count). The second kappa shape index (κ2) is 12.2. The molecular weight excluding hydrogens is 691 g/mol. The lowest BCUT2D eigenvalue weighted by Gasteiger charge is -2.26. The van der Waals surface area contributed by atoms with Gasteiger partial charge in [-0.25, -0.2) is 4.79 Å². The van der Waals surface area contributed by atoms with Gasteiger partial charge in [0.15, 0.2) is 0 Å². The molecule has 0 atom stereocenters. The number of anilines is 2. The quantitative estimate of drug-likeness (QED) is 0.145. The normalized spacial score (nSPS) is 11.8. The van der Waals surface area contributed by atoms with E-state index in [1.807, 2.05) is 24.3 Å². The molecule has 9 aromatic carbocycles. The molecule has 11 aromatic rings. The van der Waals surface area contributed by atoms with Gasteiger partial charge in [0.1, 0.15) is 0 Å². The van der Waals surface area contributed by atoms with Crippen molar-refractivity contribution in [2.75, 3.05) is 4.90 Å². The number of pyridine rings is 2. The van der Waals surface area contributed by atoms with E-state index in [1.165, 1.54) is 22.9 Å². The Kier molecular flexibility index (Phi) is 6.91. The summed E-state index contributed by atoms with van der Waals surface area (Å²) in [5.74, 6) is -1.48. The molecule has 6 heteroatoms. The summed E-state index contributed by atoms with van der Waals surface area (Å²) in [5.41, 5.74) is 3.05. The van der Waals surface area contributed by atoms with Crippen molar-refractivity contribution in [1.82, 2.24) is 9.97 Å². The first kappa shape index (κ1) is 31.8. The molecule has 0 aliphatic heterocycles. The molecular formula is C50H29N3O3. The van der Waals surface area contributed by atoms with Crippen molar-refractivity contribution in [3.05, 3.63) is 181 Å². The fourth-order valence-electron chi connectivity index (χ4n) is 8.52. The average Bonchev–Trinajstić information content (AvgIpc) is 3.24. The van der Waals surface area contributed by atoms with Gasteiger partial charge in [-0.2, -0.15) is 0 Å². The van der Waals surface area contributed by atoms with E-state index in [9.17, 15) is 9.90 Å². The maximum Gasteiger partial charge on any atom is 0.335 e. The molecule has 0 aliphatic rings. The Morgan fingerprint density at radius 1 is 0.393 bits per heavy atom. The molecule has 0 saturated heterocycles. The Labute approximate surface area is 319 Å². The van der Waals surface area contributed by atoms with Gasteiger partial charge in [0.25, 0.3) is 5.91 Å². The smallest absolute Gasteiger partial charge is 0.335 e. The first-order valence-electron chi connectivity index (χ1n) is 18.4. The zero-order valence-corrected chi connectivity index (χ0v) is 29.8. The maximum absolute atomic E-state index is 15.0. The van der Waals surface area contributed by atoms with Crippen LogP contribution in [0.15, 0.2) is 170 Å². The van der Waals surface area contributed by atoms with Gasteiger partial charge >= 0.3 is 5.97 Å². The summed E-state index contributed by atoms with van der Waals surface area (Å²) in [6, 6.07) is 52.3. The van der Waals surface area contributed by atoms with Gasteiger partial charge in [-0.3, -0.25) is 19.7 Å². The van der Waals surface area contributed by atoms with Gasteiger partial charge in [-0.1, -0.05) is 103 Å². The van der Waals surface area contributed by atoms with Crippen molar-refractivity contribution in [2.24, 2.45) is 0 Å². The van der Waals surface area contributed by atoms with Crippen LogP contribution in [0.5, 0.6) is 0 Å². The molecule has 0 saturated carbocycles. The summed E-state index contributed by atoms with van der Waals surface area (Å²) < 4.78 is 0. The number of carbonyl (C=O) groups is 2. The number of nitrogens with zero attached hydrogens (tertiary/aromatic N) is 3. The van der Waals surface area contributed by atoms with Crippen molar-refractivity contribution >= 4 is 110 Å². The number of carboxylic acid groups (broad SMARTS) is 1. The van der Waals surface area contributed by atoms with Crippen molar-refractivity contribution < 1.29 is 14.7 Å². The minimum atomic E-state index is -1.10. The largest absolute Gasteiger partial charge is 0.478 e. The van der Waals surface area contributed by atoms with E-state index in [-0.39, 0.29) is 17.0 Å². The van der Waals surface area contributed by atoms with Crippen molar-refractivity contribution in [1.29, 1.82) is 0 Å². The SMILES string of the molecule is O=C(O)c1cccc(C(=O)N(c2ccnc3c2ccc2c4cc5ccccc5cc4ccc23)c2ccnc3c2ccc2c4cc5ccccc5cc4ccc23)c1. The molecule has 2 heterocycles. The Hall–Kier alpha value is -7.70. The van der Waals surface area contributed by atoms with Crippen LogP contribution in [0.3, 0.4) is 0 Å². The molecule has 262 valence electrons. The number of carboxylic acids is 1. The monoisotopic (exact) mass is 719 g/mol. The number of fused-ring (bicyclic) bond motifs is 12. The lowest BCUT2D eigenvalue weighted by Crippen LogP contribution is -2.27. The lowest BCUT2D eigenvalue weighted by molar-refractivity contribution is 0.0697. The van der Waals surface area contributed by atoms with E-state index >= 15 is 4.79 Å². The van der Waals surface area contributed by atoms with Gasteiger partial charge in [0, 0.05) is 39.5 Å². The highest BCUT2D eigenvalue weighted by Crippen LogP contribution is 2.42. The van der Waals surface area contributed by atoms with Crippen LogP contribution in [-0.2, 0) is 0 Å². The predicted octanol–water partition coefficient (Wildman–Crippen LogP) is 12.4. The molecule has 0 radical (unpaired) electrons. The van der Waals surface area contributed by atoms with Crippen molar-refractivity contribution in [3.8, 4) is 0 Å². The highest BCUT2D eigenvalue weighted by molar-refractivity contribution is 6.25. The van der Waals surface area contributed by atoms with E-state index in [1.54, 1.807) is 29.4 Å². The number of benzene rings is 9. The van der Waals surface area contributed by atoms with Crippen molar-refractivity contribution in [3.63, 3.8) is 0 Å². The number of carbonyl (C=O) groups excluding carboxylic acids is 1. The molecule has 0 fully saturated rings. The standard InChI is InChI=1S/C50H29N3O3/c54-49(35-10-5-11-36(26-35)50(55)56)53(45-20-22-51-47-39-14-12-33-24-29-6-1-3-8-31(29)27-43(33)37(39)16-18-41(45)47)46-21-23-52-48-40-15-13-34-25-30-7-2-4-9-32(30)28-44(34)38(40)17-19-42(46)48/h1-28H,(H,55,56). The fourth-order valence-corrected chi connectivity index (χ4v) is 8.52. The Morgan fingerprint density at radius 2 is 0.839 bits per heavy atom. The van der Waals surface area contributed by atoms with Crippen LogP contribution in [0.1, 0.15) is 20.7 Å². The number of hydrogen-bond donors (Lipinski definition) is 1. The van der Waals surface area contributed by atoms with E-state index < -0.39 is 5.97 Å². The second-order valence-electron chi connectivity index (χ2n) is 14.3. The first-order valence-corrected chi connectivity index (χ1v) is 18.4. The first-order chi connectivity index (χ1) is 27.5. The summed E-state index contributed by atoms with van der Waals surface area (Å²) >= 11 is 0. The fraction of sp³-hybridized carbons (Fsp3) is 0. The number of rotatable bonds is 4. The number of aromatic nitrogens is 2. The van der Waals surface area contributed by atoms with Gasteiger partial charge in [0.05, 0.1) is 28.0 Å². The van der Waals surface area contributed by atoms with Crippen LogP contribution < -0.4 is 4.90 Å². The molecule has 6 nitrogen and oxygen atoms in total. The predicted molar refractivity (Wildman–Crippen MR) is 228 cm³/mol. The average molecular weight is 720 g/mol. The molecule has 0 aliphatic carbocycles.